The number of nitro groups is 1. The van der Waals surface area contributed by atoms with Gasteiger partial charge in [-0.3, -0.25) is 14.7 Å². The van der Waals surface area contributed by atoms with Crippen molar-refractivity contribution in [3.05, 3.63) is 68.2 Å². The normalized spacial score (nSPS) is 10.9. The van der Waals surface area contributed by atoms with E-state index in [1.54, 1.807) is 7.11 Å². The maximum absolute atomic E-state index is 12.1. The average molecular weight is 314 g/mol. The molecule has 0 unspecified atom stereocenters. The number of benzene rings is 2. The molecule has 23 heavy (non-hydrogen) atoms. The first kappa shape index (κ1) is 14.8. The van der Waals surface area contributed by atoms with Crippen molar-refractivity contribution >= 4 is 16.8 Å². The van der Waals surface area contributed by atoms with Crippen LogP contribution in [-0.4, -0.2) is 16.6 Å². The molecule has 0 spiro atoms. The number of nitro benzene ring substituents is 1. The number of aromatic nitrogens is 1. The molecule has 7 heteroatoms. The third kappa shape index (κ3) is 2.68. The molecule has 0 bridgehead atoms. The summed E-state index contributed by atoms with van der Waals surface area (Å²) in [6.07, 6.45) is 0. The van der Waals surface area contributed by atoms with Gasteiger partial charge in [-0.15, -0.1) is 0 Å². The number of ether oxygens (including phenoxy) is 1. The number of nitrogens with zero attached hydrogens (tertiary/aromatic N) is 2. The van der Waals surface area contributed by atoms with Gasteiger partial charge < -0.3 is 9.15 Å². The monoisotopic (exact) mass is 314 g/mol. The molecule has 0 amide bonds. The summed E-state index contributed by atoms with van der Waals surface area (Å²) in [4.78, 5) is 22.5. The van der Waals surface area contributed by atoms with Crippen molar-refractivity contribution in [2.45, 2.75) is 13.5 Å². The van der Waals surface area contributed by atoms with Crippen molar-refractivity contribution in [1.29, 1.82) is 0 Å². The first-order valence-corrected chi connectivity index (χ1v) is 6.91. The number of hydrogen-bond donors (Lipinski definition) is 0. The third-order valence-corrected chi connectivity index (χ3v) is 3.63. The fraction of sp³-hybridized carbons (Fsp3) is 0.188. The summed E-state index contributed by atoms with van der Waals surface area (Å²) < 4.78 is 11.8. The Balaban J connectivity index is 2.15. The van der Waals surface area contributed by atoms with E-state index in [0.29, 0.717) is 16.8 Å². The van der Waals surface area contributed by atoms with Crippen molar-refractivity contribution < 1.29 is 14.1 Å². The molecule has 0 atom stereocenters. The Morgan fingerprint density at radius 1 is 1.26 bits per heavy atom. The van der Waals surface area contributed by atoms with E-state index in [4.69, 9.17) is 9.15 Å². The van der Waals surface area contributed by atoms with E-state index in [1.165, 1.54) is 22.8 Å². The lowest BCUT2D eigenvalue weighted by molar-refractivity contribution is -0.384. The second-order valence-electron chi connectivity index (χ2n) is 5.18. The summed E-state index contributed by atoms with van der Waals surface area (Å²) in [6.45, 7) is 2.14. The summed E-state index contributed by atoms with van der Waals surface area (Å²) in [6, 6.07) is 9.70. The molecule has 0 aliphatic carbocycles. The highest BCUT2D eigenvalue weighted by Crippen LogP contribution is 2.24. The lowest BCUT2D eigenvalue weighted by Gasteiger charge is -2.09. The van der Waals surface area contributed by atoms with Crippen molar-refractivity contribution in [2.24, 2.45) is 0 Å². The number of methoxy groups -OCH3 is 1. The summed E-state index contributed by atoms with van der Waals surface area (Å²) in [5, 5.41) is 10.9. The molecule has 1 heterocycles. The molecule has 118 valence electrons. The summed E-state index contributed by atoms with van der Waals surface area (Å²) in [7, 11) is 1.55. The van der Waals surface area contributed by atoms with Crippen LogP contribution in [0.2, 0.25) is 0 Å². The fourth-order valence-electron chi connectivity index (χ4n) is 2.52. The molecule has 0 saturated heterocycles. The van der Waals surface area contributed by atoms with Gasteiger partial charge in [0.2, 0.25) is 0 Å². The Morgan fingerprint density at radius 3 is 2.74 bits per heavy atom. The zero-order chi connectivity index (χ0) is 16.6. The molecule has 3 aromatic rings. The van der Waals surface area contributed by atoms with E-state index in [0.717, 1.165) is 11.1 Å². The molecular weight excluding hydrogens is 300 g/mol. The largest absolute Gasteiger partial charge is 0.496 e. The molecule has 0 fully saturated rings. The molecule has 3 rings (SSSR count). The van der Waals surface area contributed by atoms with Crippen LogP contribution >= 0.6 is 0 Å². The van der Waals surface area contributed by atoms with E-state index in [-0.39, 0.29) is 12.2 Å². The molecule has 1 aromatic heterocycles. The Morgan fingerprint density at radius 2 is 2.04 bits per heavy atom. The Labute approximate surface area is 130 Å². The maximum atomic E-state index is 12.1. The highest BCUT2D eigenvalue weighted by molar-refractivity contribution is 5.76. The van der Waals surface area contributed by atoms with Gasteiger partial charge in [0.15, 0.2) is 5.58 Å². The second kappa shape index (κ2) is 5.60. The predicted molar refractivity (Wildman–Crippen MR) is 84.0 cm³/mol. The molecule has 0 N–H and O–H groups in total. The van der Waals surface area contributed by atoms with Crippen LogP contribution in [0, 0.1) is 17.0 Å². The van der Waals surface area contributed by atoms with Gasteiger partial charge in [-0.2, -0.15) is 0 Å². The van der Waals surface area contributed by atoms with Gasteiger partial charge >= 0.3 is 5.76 Å². The molecular formula is C16H14N2O5. The smallest absolute Gasteiger partial charge is 0.420 e. The lowest BCUT2D eigenvalue weighted by atomic mass is 10.1. The van der Waals surface area contributed by atoms with Crippen LogP contribution in [0.15, 0.2) is 45.6 Å². The second-order valence-corrected chi connectivity index (χ2v) is 5.18. The molecule has 7 nitrogen and oxygen atoms in total. The van der Waals surface area contributed by atoms with E-state index in [9.17, 15) is 14.9 Å². The predicted octanol–water partition coefficient (Wildman–Crippen LogP) is 2.87. The quantitative estimate of drug-likeness (QED) is 0.546. The minimum absolute atomic E-state index is 0.0942. The number of fused-ring (bicyclic) bond motifs is 1. The van der Waals surface area contributed by atoms with Gasteiger partial charge in [-0.05, 0) is 19.1 Å². The van der Waals surface area contributed by atoms with Crippen LogP contribution in [0.25, 0.3) is 11.1 Å². The molecule has 0 aliphatic heterocycles. The van der Waals surface area contributed by atoms with Crippen LogP contribution in [0.3, 0.4) is 0 Å². The minimum Gasteiger partial charge on any atom is -0.496 e. The first-order chi connectivity index (χ1) is 11.0. The van der Waals surface area contributed by atoms with Crippen molar-refractivity contribution in [3.8, 4) is 5.75 Å². The van der Waals surface area contributed by atoms with Gasteiger partial charge in [-0.1, -0.05) is 17.7 Å². The summed E-state index contributed by atoms with van der Waals surface area (Å²) >= 11 is 0. The number of aryl methyl sites for hydroxylation is 1. The van der Waals surface area contributed by atoms with Crippen LogP contribution in [0.5, 0.6) is 5.75 Å². The standard InChI is InChI=1S/C16H14N2O5/c1-10-3-5-14(22-2)11(7-10)9-17-13-8-12(18(20)21)4-6-15(13)23-16(17)19/h3-8H,9H2,1-2H3. The zero-order valence-corrected chi connectivity index (χ0v) is 12.6. The highest BCUT2D eigenvalue weighted by Gasteiger charge is 2.16. The van der Waals surface area contributed by atoms with Crippen molar-refractivity contribution in [2.75, 3.05) is 7.11 Å². The molecule has 0 saturated carbocycles. The maximum Gasteiger partial charge on any atom is 0.420 e. The molecule has 2 aromatic carbocycles. The molecule has 0 radical (unpaired) electrons. The molecule has 0 aliphatic rings. The Kier molecular flexibility index (Phi) is 3.61. The summed E-state index contributed by atoms with van der Waals surface area (Å²) in [5.41, 5.74) is 2.42. The first-order valence-electron chi connectivity index (χ1n) is 6.91. The average Bonchev–Trinajstić information content (AvgIpc) is 2.83. The van der Waals surface area contributed by atoms with Crippen molar-refractivity contribution in [3.63, 3.8) is 0 Å². The topological polar surface area (TPSA) is 87.5 Å². The number of oxazole rings is 1. The van der Waals surface area contributed by atoms with Gasteiger partial charge in [0, 0.05) is 17.7 Å². The Bertz CT molecular complexity index is 955. The van der Waals surface area contributed by atoms with E-state index in [1.807, 2.05) is 25.1 Å². The Hall–Kier alpha value is -3.09. The third-order valence-electron chi connectivity index (χ3n) is 3.63. The summed E-state index contributed by atoms with van der Waals surface area (Å²) in [5.74, 6) is 0.0753. The van der Waals surface area contributed by atoms with Gasteiger partial charge in [0.25, 0.3) is 5.69 Å². The van der Waals surface area contributed by atoms with Crippen LogP contribution in [0.4, 0.5) is 5.69 Å². The van der Waals surface area contributed by atoms with Crippen LogP contribution in [0.1, 0.15) is 11.1 Å². The number of hydrogen-bond acceptors (Lipinski definition) is 5. The van der Waals surface area contributed by atoms with E-state index < -0.39 is 10.7 Å². The van der Waals surface area contributed by atoms with Gasteiger partial charge in [0.1, 0.15) is 5.75 Å². The number of rotatable bonds is 4. The zero-order valence-electron chi connectivity index (χ0n) is 12.6. The lowest BCUT2D eigenvalue weighted by Crippen LogP contribution is -2.15. The van der Waals surface area contributed by atoms with Gasteiger partial charge in [0.05, 0.1) is 24.1 Å². The van der Waals surface area contributed by atoms with Crippen LogP contribution < -0.4 is 10.5 Å². The van der Waals surface area contributed by atoms with E-state index in [2.05, 4.69) is 0 Å². The van der Waals surface area contributed by atoms with Crippen molar-refractivity contribution in [1.82, 2.24) is 4.57 Å². The minimum atomic E-state index is -0.566. The van der Waals surface area contributed by atoms with E-state index >= 15 is 0 Å². The SMILES string of the molecule is COc1ccc(C)cc1Cn1c(=O)oc2ccc([N+](=O)[O-])cc21. The number of non-ortho nitro benzene ring substituents is 1. The van der Waals surface area contributed by atoms with Crippen LogP contribution in [-0.2, 0) is 6.54 Å². The van der Waals surface area contributed by atoms with Gasteiger partial charge in [-0.25, -0.2) is 4.79 Å². The fourth-order valence-corrected chi connectivity index (χ4v) is 2.52. The highest BCUT2D eigenvalue weighted by atomic mass is 16.6.